The van der Waals surface area contributed by atoms with Gasteiger partial charge in [0.15, 0.2) is 10.8 Å². The highest BCUT2D eigenvalue weighted by molar-refractivity contribution is 7.99. The lowest BCUT2D eigenvalue weighted by atomic mass is 10.1. The molecule has 0 N–H and O–H groups in total. The number of aryl methyl sites for hydroxylation is 2. The highest BCUT2D eigenvalue weighted by Crippen LogP contribution is 2.36. The molecule has 0 radical (unpaired) electrons. The molecule has 4 aromatic rings. The predicted octanol–water partition coefficient (Wildman–Crippen LogP) is 5.15. The van der Waals surface area contributed by atoms with E-state index in [1.807, 2.05) is 27.5 Å². The van der Waals surface area contributed by atoms with Gasteiger partial charge in [0.05, 0.1) is 11.1 Å². The summed E-state index contributed by atoms with van der Waals surface area (Å²) in [6.45, 7) is 10.6. The molecule has 4 heterocycles. The Morgan fingerprint density at radius 2 is 2.03 bits per heavy atom. The van der Waals surface area contributed by atoms with Gasteiger partial charge in [-0.3, -0.25) is 9.20 Å². The van der Waals surface area contributed by atoms with Gasteiger partial charge < -0.3 is 4.90 Å². The molecule has 1 aromatic carbocycles. The molecule has 0 spiro atoms. The Bertz CT molecular complexity index is 1320. The van der Waals surface area contributed by atoms with Crippen LogP contribution in [0.5, 0.6) is 0 Å². The van der Waals surface area contributed by atoms with Crippen LogP contribution in [-0.2, 0) is 11.2 Å². The van der Waals surface area contributed by atoms with Gasteiger partial charge in [-0.15, -0.1) is 21.5 Å². The lowest BCUT2D eigenvalue weighted by Crippen LogP contribution is -2.37. The van der Waals surface area contributed by atoms with Crippen molar-refractivity contribution in [2.75, 3.05) is 10.7 Å². The van der Waals surface area contributed by atoms with Gasteiger partial charge >= 0.3 is 0 Å². The van der Waals surface area contributed by atoms with Crippen LogP contribution in [0.1, 0.15) is 48.5 Å². The van der Waals surface area contributed by atoms with Gasteiger partial charge in [-0.1, -0.05) is 43.8 Å². The van der Waals surface area contributed by atoms with Crippen LogP contribution in [0.4, 0.5) is 5.69 Å². The predicted molar refractivity (Wildman–Crippen MR) is 128 cm³/mol. The van der Waals surface area contributed by atoms with Crippen LogP contribution in [-0.4, -0.2) is 37.3 Å². The minimum Gasteiger partial charge on any atom is -0.308 e. The monoisotopic (exact) mass is 451 g/mol. The van der Waals surface area contributed by atoms with E-state index in [0.29, 0.717) is 5.75 Å². The number of amides is 1. The van der Waals surface area contributed by atoms with E-state index in [9.17, 15) is 4.79 Å². The second-order valence-corrected chi connectivity index (χ2v) is 10.6. The first-order valence-corrected chi connectivity index (χ1v) is 12.3. The number of aromatic nitrogens is 4. The van der Waals surface area contributed by atoms with Crippen LogP contribution in [0.3, 0.4) is 0 Å². The van der Waals surface area contributed by atoms with Gasteiger partial charge in [-0.25, -0.2) is 4.98 Å². The Labute approximate surface area is 189 Å². The number of thiophene rings is 1. The van der Waals surface area contributed by atoms with E-state index in [2.05, 4.69) is 50.9 Å². The summed E-state index contributed by atoms with van der Waals surface area (Å²) in [5, 5.41) is 10.8. The van der Waals surface area contributed by atoms with E-state index >= 15 is 0 Å². The number of para-hydroxylation sites is 1. The van der Waals surface area contributed by atoms with E-state index in [4.69, 9.17) is 4.98 Å². The average Bonchev–Trinajstić information content (AvgIpc) is 3.38. The Hall–Kier alpha value is -2.45. The van der Waals surface area contributed by atoms with Crippen molar-refractivity contribution in [1.82, 2.24) is 19.6 Å². The molecule has 0 aliphatic carbocycles. The Morgan fingerprint density at radius 3 is 2.81 bits per heavy atom. The molecule has 8 heteroatoms. The van der Waals surface area contributed by atoms with Crippen LogP contribution >= 0.6 is 23.1 Å². The molecule has 0 saturated heterocycles. The minimum absolute atomic E-state index is 0.0990. The van der Waals surface area contributed by atoms with Gasteiger partial charge in [-0.2, -0.15) is 0 Å². The number of carbonyl (C=O) groups is 1. The van der Waals surface area contributed by atoms with Crippen molar-refractivity contribution in [2.45, 2.75) is 58.2 Å². The van der Waals surface area contributed by atoms with Gasteiger partial charge in [0.1, 0.15) is 10.7 Å². The van der Waals surface area contributed by atoms with Crippen molar-refractivity contribution < 1.29 is 4.79 Å². The summed E-state index contributed by atoms with van der Waals surface area (Å²) in [4.78, 5) is 22.3. The molecule has 1 aliphatic rings. The van der Waals surface area contributed by atoms with Crippen molar-refractivity contribution in [3.63, 3.8) is 0 Å². The quantitative estimate of drug-likeness (QED) is 0.402. The zero-order valence-corrected chi connectivity index (χ0v) is 20.0. The van der Waals surface area contributed by atoms with Gasteiger partial charge in [0, 0.05) is 22.5 Å². The molecule has 5 rings (SSSR count). The molecule has 1 unspecified atom stereocenters. The number of rotatable bonds is 4. The number of nitrogens with zero attached hydrogens (tertiary/aromatic N) is 5. The number of hydrogen-bond donors (Lipinski definition) is 0. The molecular weight excluding hydrogens is 426 g/mol. The Balaban J connectivity index is 1.50. The number of benzene rings is 1. The second kappa shape index (κ2) is 7.60. The second-order valence-electron chi connectivity index (χ2n) is 8.46. The van der Waals surface area contributed by atoms with E-state index in [-0.39, 0.29) is 17.9 Å². The third-order valence-corrected chi connectivity index (χ3v) is 8.00. The third kappa shape index (κ3) is 3.24. The molecule has 1 atom stereocenters. The lowest BCUT2D eigenvalue weighted by molar-refractivity contribution is -0.116. The molecule has 31 heavy (non-hydrogen) atoms. The fourth-order valence-electron chi connectivity index (χ4n) is 4.37. The smallest absolute Gasteiger partial charge is 0.237 e. The van der Waals surface area contributed by atoms with Crippen molar-refractivity contribution >= 4 is 50.6 Å². The maximum absolute atomic E-state index is 13.2. The first-order valence-electron chi connectivity index (χ1n) is 10.5. The number of carbonyl (C=O) groups excluding carboxylic acids is 1. The van der Waals surface area contributed by atoms with E-state index < -0.39 is 0 Å². The molecule has 0 saturated carbocycles. The number of thioether (sulfide) groups is 1. The van der Waals surface area contributed by atoms with Crippen molar-refractivity contribution in [3.05, 3.63) is 46.1 Å². The van der Waals surface area contributed by atoms with Crippen LogP contribution in [0.15, 0.2) is 29.4 Å². The first-order chi connectivity index (χ1) is 14.9. The van der Waals surface area contributed by atoms with E-state index in [0.717, 1.165) is 39.0 Å². The minimum atomic E-state index is 0.0990. The number of anilines is 1. The fraction of sp³-hybridized carbons (Fsp3) is 0.391. The van der Waals surface area contributed by atoms with Crippen LogP contribution < -0.4 is 4.90 Å². The maximum Gasteiger partial charge on any atom is 0.237 e. The van der Waals surface area contributed by atoms with Crippen LogP contribution in [0, 0.1) is 13.8 Å². The highest BCUT2D eigenvalue weighted by atomic mass is 32.2. The third-order valence-electron chi connectivity index (χ3n) is 5.99. The van der Waals surface area contributed by atoms with Crippen LogP contribution in [0.2, 0.25) is 0 Å². The SMILES string of the molecule is Cc1sc2nc(C(C)C)n3c(SCC(=O)N4c5ccccc5CC4C)nnc3c2c1C. The first kappa shape index (κ1) is 20.5. The largest absolute Gasteiger partial charge is 0.308 e. The summed E-state index contributed by atoms with van der Waals surface area (Å²) in [7, 11) is 0. The molecule has 0 fully saturated rings. The zero-order chi connectivity index (χ0) is 21.9. The summed E-state index contributed by atoms with van der Waals surface area (Å²) in [6.07, 6.45) is 0.899. The normalized spacial score (nSPS) is 16.1. The summed E-state index contributed by atoms with van der Waals surface area (Å²) < 4.78 is 2.05. The fourth-order valence-corrected chi connectivity index (χ4v) is 6.20. The molecule has 160 valence electrons. The van der Waals surface area contributed by atoms with Crippen molar-refractivity contribution in [1.29, 1.82) is 0 Å². The molecule has 6 nitrogen and oxygen atoms in total. The van der Waals surface area contributed by atoms with E-state index in [1.165, 1.54) is 27.8 Å². The summed E-state index contributed by atoms with van der Waals surface area (Å²) >= 11 is 3.15. The summed E-state index contributed by atoms with van der Waals surface area (Å²) in [5.74, 6) is 1.56. The van der Waals surface area contributed by atoms with Crippen LogP contribution in [0.25, 0.3) is 15.9 Å². The molecule has 3 aromatic heterocycles. The maximum atomic E-state index is 13.2. The standard InChI is InChI=1S/C23H25N5OS2/c1-12(2)20-24-22-19(14(4)15(5)31-22)21-25-26-23(28(20)21)30-11-18(29)27-13(3)10-16-8-6-7-9-17(16)27/h6-9,12-13H,10-11H2,1-5H3. The number of hydrogen-bond acceptors (Lipinski definition) is 6. The molecule has 1 amide bonds. The summed E-state index contributed by atoms with van der Waals surface area (Å²) in [5.41, 5.74) is 4.31. The summed E-state index contributed by atoms with van der Waals surface area (Å²) in [6, 6.07) is 8.34. The Kier molecular flexibility index (Phi) is 5.01. The van der Waals surface area contributed by atoms with Gasteiger partial charge in [0.25, 0.3) is 0 Å². The van der Waals surface area contributed by atoms with E-state index in [1.54, 1.807) is 11.3 Å². The van der Waals surface area contributed by atoms with Crippen molar-refractivity contribution in [3.8, 4) is 0 Å². The molecule has 1 aliphatic heterocycles. The van der Waals surface area contributed by atoms with Crippen molar-refractivity contribution in [2.24, 2.45) is 0 Å². The molecule has 0 bridgehead atoms. The Morgan fingerprint density at radius 1 is 1.26 bits per heavy atom. The van der Waals surface area contributed by atoms with Gasteiger partial charge in [-0.05, 0) is 44.4 Å². The zero-order valence-electron chi connectivity index (χ0n) is 18.3. The topological polar surface area (TPSA) is 63.4 Å². The van der Waals surface area contributed by atoms with Gasteiger partial charge in [0.2, 0.25) is 5.91 Å². The average molecular weight is 452 g/mol. The number of fused-ring (bicyclic) bond motifs is 4. The lowest BCUT2D eigenvalue weighted by Gasteiger charge is -2.22. The molecular formula is C23H25N5OS2. The highest BCUT2D eigenvalue weighted by Gasteiger charge is 2.31.